The Hall–Kier alpha value is -1.59. The summed E-state index contributed by atoms with van der Waals surface area (Å²) in [7, 11) is 1.76. The Morgan fingerprint density at radius 1 is 1.35 bits per heavy atom. The lowest BCUT2D eigenvalue weighted by Gasteiger charge is -2.28. The molecular weight excluding hydrogens is 314 g/mol. The van der Waals surface area contributed by atoms with Crippen LogP contribution in [0.1, 0.15) is 31.9 Å². The van der Waals surface area contributed by atoms with Crippen molar-refractivity contribution in [2.24, 2.45) is 11.7 Å². The van der Waals surface area contributed by atoms with Crippen LogP contribution in [0.15, 0.2) is 30.3 Å². The summed E-state index contributed by atoms with van der Waals surface area (Å²) in [6.45, 7) is 4.83. The number of hydrogen-bond acceptors (Lipinski definition) is 3. The van der Waals surface area contributed by atoms with Gasteiger partial charge < -0.3 is 15.5 Å². The molecule has 5 nitrogen and oxygen atoms in total. The summed E-state index contributed by atoms with van der Waals surface area (Å²) in [4.78, 5) is 28.2. The molecule has 3 atom stereocenters. The molecule has 0 aliphatic carbocycles. The second-order valence-corrected chi connectivity index (χ2v) is 6.07. The van der Waals surface area contributed by atoms with E-state index in [4.69, 9.17) is 5.73 Å². The van der Waals surface area contributed by atoms with E-state index in [2.05, 4.69) is 0 Å². The predicted octanol–water partition coefficient (Wildman–Crippen LogP) is 1.82. The predicted molar refractivity (Wildman–Crippen MR) is 93.2 cm³/mol. The van der Waals surface area contributed by atoms with Crippen LogP contribution in [-0.4, -0.2) is 47.8 Å². The van der Waals surface area contributed by atoms with Crippen molar-refractivity contribution >= 4 is 24.2 Å². The van der Waals surface area contributed by atoms with Crippen molar-refractivity contribution in [3.8, 4) is 0 Å². The lowest BCUT2D eigenvalue weighted by molar-refractivity contribution is -0.136. The van der Waals surface area contributed by atoms with Crippen LogP contribution in [0.4, 0.5) is 0 Å². The molecule has 23 heavy (non-hydrogen) atoms. The summed E-state index contributed by atoms with van der Waals surface area (Å²) in [5, 5.41) is 0. The molecule has 3 unspecified atom stereocenters. The van der Waals surface area contributed by atoms with Crippen molar-refractivity contribution in [3.63, 3.8) is 0 Å². The minimum absolute atomic E-state index is 0. The molecule has 1 saturated heterocycles. The maximum atomic E-state index is 12.5. The first-order valence-corrected chi connectivity index (χ1v) is 7.76. The van der Waals surface area contributed by atoms with Gasteiger partial charge in [-0.15, -0.1) is 12.4 Å². The molecule has 0 radical (unpaired) electrons. The third-order valence-corrected chi connectivity index (χ3v) is 4.61. The van der Waals surface area contributed by atoms with Gasteiger partial charge in [-0.2, -0.15) is 0 Å². The van der Waals surface area contributed by atoms with Crippen molar-refractivity contribution in [2.75, 3.05) is 20.1 Å². The minimum Gasteiger partial charge on any atom is -0.341 e. The number of nitrogens with zero attached hydrogens (tertiary/aromatic N) is 2. The first kappa shape index (κ1) is 19.5. The molecule has 2 amide bonds. The number of carbonyl (C=O) groups is 2. The number of amides is 2. The monoisotopic (exact) mass is 339 g/mol. The Labute approximate surface area is 144 Å². The van der Waals surface area contributed by atoms with Crippen LogP contribution in [0.25, 0.3) is 0 Å². The third-order valence-electron chi connectivity index (χ3n) is 4.61. The van der Waals surface area contributed by atoms with Gasteiger partial charge in [0, 0.05) is 32.6 Å². The molecule has 0 saturated carbocycles. The number of carbonyl (C=O) groups excluding carboxylic acids is 2. The highest BCUT2D eigenvalue weighted by molar-refractivity contribution is 5.89. The summed E-state index contributed by atoms with van der Waals surface area (Å²) in [6, 6.07) is 9.88. The molecule has 1 aliphatic heterocycles. The van der Waals surface area contributed by atoms with E-state index >= 15 is 0 Å². The Kier molecular flexibility index (Phi) is 7.03. The van der Waals surface area contributed by atoms with Gasteiger partial charge in [-0.05, 0) is 19.4 Å². The zero-order valence-corrected chi connectivity index (χ0v) is 14.8. The van der Waals surface area contributed by atoms with E-state index in [9.17, 15) is 9.59 Å². The second-order valence-electron chi connectivity index (χ2n) is 6.07. The van der Waals surface area contributed by atoms with Crippen LogP contribution in [0, 0.1) is 5.92 Å². The topological polar surface area (TPSA) is 66.6 Å². The summed E-state index contributed by atoms with van der Waals surface area (Å²) < 4.78 is 0. The van der Waals surface area contributed by atoms with Crippen molar-refractivity contribution in [1.29, 1.82) is 0 Å². The lowest BCUT2D eigenvalue weighted by atomic mass is 10.1. The third kappa shape index (κ3) is 4.24. The Morgan fingerprint density at radius 2 is 1.96 bits per heavy atom. The second kappa shape index (κ2) is 8.31. The summed E-state index contributed by atoms with van der Waals surface area (Å²) in [5.41, 5.74) is 6.71. The summed E-state index contributed by atoms with van der Waals surface area (Å²) >= 11 is 0. The number of hydrogen-bond donors (Lipinski definition) is 1. The van der Waals surface area contributed by atoms with Crippen LogP contribution in [0.3, 0.4) is 0 Å². The van der Waals surface area contributed by atoms with Gasteiger partial charge in [0.2, 0.25) is 11.8 Å². The molecule has 1 heterocycles. The Balaban J connectivity index is 0.00000264. The van der Waals surface area contributed by atoms with Gasteiger partial charge >= 0.3 is 0 Å². The van der Waals surface area contributed by atoms with Crippen molar-refractivity contribution in [2.45, 2.75) is 32.4 Å². The molecule has 128 valence electrons. The van der Waals surface area contributed by atoms with E-state index < -0.39 is 0 Å². The highest BCUT2D eigenvalue weighted by Gasteiger charge is 2.38. The number of likely N-dealkylation sites (tertiary alicyclic amines) is 1. The van der Waals surface area contributed by atoms with Gasteiger partial charge in [0.25, 0.3) is 0 Å². The summed E-state index contributed by atoms with van der Waals surface area (Å²) in [5.74, 6) is -0.213. The van der Waals surface area contributed by atoms with E-state index in [1.54, 1.807) is 16.8 Å². The molecule has 1 aliphatic rings. The summed E-state index contributed by atoms with van der Waals surface area (Å²) in [6.07, 6.45) is 0.289. The van der Waals surface area contributed by atoms with Crippen LogP contribution in [0.5, 0.6) is 0 Å². The SMILES string of the molecule is CC(CN)N(C)C(=O)C1CC(=O)N(C(C)c2ccccc2)C1.Cl. The molecular formula is C17H26ClN3O2. The van der Waals surface area contributed by atoms with E-state index in [0.717, 1.165) is 5.56 Å². The number of benzene rings is 1. The number of rotatable bonds is 5. The molecule has 0 aromatic heterocycles. The number of halogens is 1. The molecule has 0 bridgehead atoms. The molecule has 1 aromatic rings. The Bertz CT molecular complexity index is 538. The van der Waals surface area contributed by atoms with Gasteiger partial charge in [0.05, 0.1) is 12.0 Å². The molecule has 6 heteroatoms. The quantitative estimate of drug-likeness (QED) is 0.889. The highest BCUT2D eigenvalue weighted by Crippen LogP contribution is 2.29. The largest absolute Gasteiger partial charge is 0.341 e. The van der Waals surface area contributed by atoms with Gasteiger partial charge in [0.1, 0.15) is 0 Å². The van der Waals surface area contributed by atoms with Gasteiger partial charge in [0.15, 0.2) is 0 Å². The molecule has 2 rings (SSSR count). The zero-order chi connectivity index (χ0) is 16.3. The standard InChI is InChI=1S/C17H25N3O2.ClH/c1-12(10-18)19(3)17(22)15-9-16(21)20(11-15)13(2)14-7-5-4-6-8-14;/h4-8,12-13,15H,9-11,18H2,1-3H3;1H. The average molecular weight is 340 g/mol. The lowest BCUT2D eigenvalue weighted by Crippen LogP contribution is -2.43. The van der Waals surface area contributed by atoms with E-state index in [-0.39, 0.29) is 48.6 Å². The van der Waals surface area contributed by atoms with E-state index in [1.807, 2.05) is 44.2 Å². The van der Waals surface area contributed by atoms with E-state index in [0.29, 0.717) is 13.1 Å². The highest BCUT2D eigenvalue weighted by atomic mass is 35.5. The van der Waals surface area contributed by atoms with Crippen LogP contribution in [-0.2, 0) is 9.59 Å². The van der Waals surface area contributed by atoms with E-state index in [1.165, 1.54) is 0 Å². The maximum absolute atomic E-state index is 12.5. The normalized spacial score (nSPS) is 19.9. The fourth-order valence-electron chi connectivity index (χ4n) is 2.85. The first-order chi connectivity index (χ1) is 10.5. The van der Waals surface area contributed by atoms with Crippen molar-refractivity contribution < 1.29 is 9.59 Å². The van der Waals surface area contributed by atoms with Gasteiger partial charge in [-0.25, -0.2) is 0 Å². The van der Waals surface area contributed by atoms with Gasteiger partial charge in [-0.3, -0.25) is 9.59 Å². The first-order valence-electron chi connectivity index (χ1n) is 7.76. The molecule has 1 fully saturated rings. The smallest absolute Gasteiger partial charge is 0.228 e. The fraction of sp³-hybridized carbons (Fsp3) is 0.529. The average Bonchev–Trinajstić information content (AvgIpc) is 2.94. The Morgan fingerprint density at radius 3 is 2.52 bits per heavy atom. The molecule has 0 spiro atoms. The maximum Gasteiger partial charge on any atom is 0.228 e. The van der Waals surface area contributed by atoms with Crippen LogP contribution < -0.4 is 5.73 Å². The molecule has 2 N–H and O–H groups in total. The van der Waals surface area contributed by atoms with Gasteiger partial charge in [-0.1, -0.05) is 30.3 Å². The van der Waals surface area contributed by atoms with Crippen LogP contribution >= 0.6 is 12.4 Å². The van der Waals surface area contributed by atoms with Crippen molar-refractivity contribution in [3.05, 3.63) is 35.9 Å². The zero-order valence-electron chi connectivity index (χ0n) is 13.9. The minimum atomic E-state index is -0.266. The van der Waals surface area contributed by atoms with Crippen molar-refractivity contribution in [1.82, 2.24) is 9.80 Å². The fourth-order valence-corrected chi connectivity index (χ4v) is 2.85. The van der Waals surface area contributed by atoms with Crippen LogP contribution in [0.2, 0.25) is 0 Å². The molecule has 1 aromatic carbocycles. The number of nitrogens with two attached hydrogens (primary N) is 1. The number of likely N-dealkylation sites (N-methyl/N-ethyl adjacent to an activating group) is 1.